The van der Waals surface area contributed by atoms with Crippen LogP contribution in [-0.2, 0) is 0 Å². The third kappa shape index (κ3) is 1.57. The smallest absolute Gasteiger partial charge is 0.270 e. The summed E-state index contributed by atoms with van der Waals surface area (Å²) in [7, 11) is 0. The zero-order chi connectivity index (χ0) is 10.0. The number of hydrogen-bond donors (Lipinski definition) is 3. The lowest BCUT2D eigenvalue weighted by molar-refractivity contribution is 0.0949. The molecular weight excluding hydrogens is 180 g/mol. The topological polar surface area (TPSA) is 81.1 Å². The lowest BCUT2D eigenvalue weighted by atomic mass is 10.1. The van der Waals surface area contributed by atoms with Crippen molar-refractivity contribution in [3.8, 4) is 0 Å². The summed E-state index contributed by atoms with van der Waals surface area (Å²) in [4.78, 5) is 10.9. The average Bonchev–Trinajstić information content (AvgIpc) is 2.12. The number of halogens is 2. The Kier molecular flexibility index (Phi) is 2.43. The molecule has 0 aliphatic heterocycles. The second-order valence-corrected chi connectivity index (χ2v) is 2.30. The van der Waals surface area contributed by atoms with Gasteiger partial charge in [0.25, 0.3) is 5.91 Å². The maximum Gasteiger partial charge on any atom is 0.270 e. The van der Waals surface area contributed by atoms with Crippen LogP contribution >= 0.6 is 0 Å². The fraction of sp³-hybridized carbons (Fsp3) is 0. The van der Waals surface area contributed by atoms with Gasteiger partial charge in [-0.15, -0.1) is 0 Å². The highest BCUT2D eigenvalue weighted by molar-refractivity contribution is 5.99. The monoisotopic (exact) mass is 187 g/mol. The molecule has 1 rings (SSSR count). The van der Waals surface area contributed by atoms with E-state index in [1.165, 1.54) is 0 Å². The number of benzene rings is 1. The Morgan fingerprint density at radius 1 is 1.38 bits per heavy atom. The number of nitrogen functional groups attached to an aromatic ring is 2. The predicted molar refractivity (Wildman–Crippen MR) is 42.4 cm³/mol. The molecule has 70 valence electrons. The van der Waals surface area contributed by atoms with Crippen molar-refractivity contribution in [2.24, 2.45) is 5.84 Å². The summed E-state index contributed by atoms with van der Waals surface area (Å²) in [5.41, 5.74) is 6.16. The molecule has 0 fully saturated rings. The molecule has 0 heterocycles. The standard InChI is InChI=1S/C7H7F2N3O/c8-3-1-2-4(10)5(6(3)9)7(13)12-11/h1-2H,10-11H2,(H,12,13). The third-order valence-corrected chi connectivity index (χ3v) is 1.49. The zero-order valence-electron chi connectivity index (χ0n) is 6.47. The minimum Gasteiger partial charge on any atom is -0.398 e. The Labute approximate surface area is 72.5 Å². The van der Waals surface area contributed by atoms with E-state index in [1.54, 1.807) is 5.43 Å². The molecule has 0 aliphatic rings. The molecule has 1 aromatic rings. The lowest BCUT2D eigenvalue weighted by Gasteiger charge is -2.05. The van der Waals surface area contributed by atoms with Crippen LogP contribution in [0.25, 0.3) is 0 Å². The van der Waals surface area contributed by atoms with Crippen molar-refractivity contribution >= 4 is 11.6 Å². The number of carbonyl (C=O) groups excluding carboxylic acids is 1. The van der Waals surface area contributed by atoms with Crippen molar-refractivity contribution in [1.82, 2.24) is 5.43 Å². The molecule has 5 N–H and O–H groups in total. The number of nitrogens with one attached hydrogen (secondary N) is 1. The van der Waals surface area contributed by atoms with Crippen LogP contribution in [0.4, 0.5) is 14.5 Å². The summed E-state index contributed by atoms with van der Waals surface area (Å²) in [5.74, 6) is 1.34. The second-order valence-electron chi connectivity index (χ2n) is 2.30. The summed E-state index contributed by atoms with van der Waals surface area (Å²) in [5, 5.41) is 0. The van der Waals surface area contributed by atoms with Crippen LogP contribution < -0.4 is 17.0 Å². The van der Waals surface area contributed by atoms with Gasteiger partial charge in [-0.2, -0.15) is 0 Å². The molecule has 4 nitrogen and oxygen atoms in total. The van der Waals surface area contributed by atoms with Gasteiger partial charge in [0, 0.05) is 5.69 Å². The molecule has 0 saturated heterocycles. The molecule has 0 aliphatic carbocycles. The highest BCUT2D eigenvalue weighted by Crippen LogP contribution is 2.18. The van der Waals surface area contributed by atoms with Gasteiger partial charge in [0.1, 0.15) is 5.56 Å². The van der Waals surface area contributed by atoms with Crippen LogP contribution in [0.1, 0.15) is 10.4 Å². The van der Waals surface area contributed by atoms with E-state index in [-0.39, 0.29) is 5.69 Å². The molecule has 0 spiro atoms. The normalized spacial score (nSPS) is 9.77. The Hall–Kier alpha value is -1.69. The van der Waals surface area contributed by atoms with Gasteiger partial charge in [-0.3, -0.25) is 10.2 Å². The summed E-state index contributed by atoms with van der Waals surface area (Å²) < 4.78 is 25.5. The van der Waals surface area contributed by atoms with Crippen LogP contribution in [0.2, 0.25) is 0 Å². The first-order valence-corrected chi connectivity index (χ1v) is 3.32. The van der Waals surface area contributed by atoms with Gasteiger partial charge < -0.3 is 5.73 Å². The van der Waals surface area contributed by atoms with Crippen molar-refractivity contribution in [3.63, 3.8) is 0 Å². The third-order valence-electron chi connectivity index (χ3n) is 1.49. The fourth-order valence-electron chi connectivity index (χ4n) is 0.869. The largest absolute Gasteiger partial charge is 0.398 e. The van der Waals surface area contributed by atoms with Gasteiger partial charge in [0.2, 0.25) is 0 Å². The second kappa shape index (κ2) is 3.36. The number of carbonyl (C=O) groups is 1. The molecule has 0 unspecified atom stereocenters. The van der Waals surface area contributed by atoms with E-state index >= 15 is 0 Å². The van der Waals surface area contributed by atoms with Gasteiger partial charge in [0.05, 0.1) is 0 Å². The molecule has 0 saturated carbocycles. The van der Waals surface area contributed by atoms with Gasteiger partial charge in [0.15, 0.2) is 11.6 Å². The minimum absolute atomic E-state index is 0.165. The van der Waals surface area contributed by atoms with E-state index in [9.17, 15) is 13.6 Å². The Morgan fingerprint density at radius 2 is 2.00 bits per heavy atom. The number of amides is 1. The van der Waals surface area contributed by atoms with Crippen molar-refractivity contribution in [3.05, 3.63) is 29.3 Å². The Bertz CT molecular complexity index is 354. The SMILES string of the molecule is NNC(=O)c1c(N)ccc(F)c1F. The van der Waals surface area contributed by atoms with E-state index in [2.05, 4.69) is 0 Å². The Morgan fingerprint density at radius 3 is 2.54 bits per heavy atom. The molecular formula is C7H7F2N3O. The summed E-state index contributed by atoms with van der Waals surface area (Å²) in [6, 6.07) is 1.92. The fourth-order valence-corrected chi connectivity index (χ4v) is 0.869. The minimum atomic E-state index is -1.30. The van der Waals surface area contributed by atoms with Crippen molar-refractivity contribution in [1.29, 1.82) is 0 Å². The molecule has 1 amide bonds. The molecule has 6 heteroatoms. The summed E-state index contributed by atoms with van der Waals surface area (Å²) in [6.45, 7) is 0. The predicted octanol–water partition coefficient (Wildman–Crippen LogP) is 0.150. The van der Waals surface area contributed by atoms with Crippen LogP contribution in [0.5, 0.6) is 0 Å². The van der Waals surface area contributed by atoms with Crippen LogP contribution in [-0.4, -0.2) is 5.91 Å². The molecule has 0 bridgehead atoms. The Balaban J connectivity index is 3.33. The van der Waals surface area contributed by atoms with Gasteiger partial charge in [-0.25, -0.2) is 14.6 Å². The van der Waals surface area contributed by atoms with Crippen LogP contribution in [0.3, 0.4) is 0 Å². The lowest BCUT2D eigenvalue weighted by Crippen LogP contribution is -2.31. The van der Waals surface area contributed by atoms with Crippen molar-refractivity contribution < 1.29 is 13.6 Å². The van der Waals surface area contributed by atoms with E-state index in [0.717, 1.165) is 12.1 Å². The number of rotatable bonds is 1. The highest BCUT2D eigenvalue weighted by atomic mass is 19.2. The van der Waals surface area contributed by atoms with Gasteiger partial charge >= 0.3 is 0 Å². The van der Waals surface area contributed by atoms with E-state index in [4.69, 9.17) is 11.6 Å². The summed E-state index contributed by atoms with van der Waals surface area (Å²) in [6.07, 6.45) is 0. The molecule has 0 aromatic heterocycles. The number of hydrogen-bond acceptors (Lipinski definition) is 3. The van der Waals surface area contributed by atoms with E-state index in [0.29, 0.717) is 0 Å². The molecule has 0 atom stereocenters. The maximum absolute atomic E-state index is 12.9. The zero-order valence-corrected chi connectivity index (χ0v) is 6.47. The van der Waals surface area contributed by atoms with Gasteiger partial charge in [-0.1, -0.05) is 0 Å². The van der Waals surface area contributed by atoms with E-state index in [1.807, 2.05) is 0 Å². The van der Waals surface area contributed by atoms with Crippen LogP contribution in [0.15, 0.2) is 12.1 Å². The number of nitrogens with two attached hydrogens (primary N) is 2. The van der Waals surface area contributed by atoms with Crippen molar-refractivity contribution in [2.75, 3.05) is 5.73 Å². The first-order valence-electron chi connectivity index (χ1n) is 3.32. The van der Waals surface area contributed by atoms with E-state index < -0.39 is 23.1 Å². The molecule has 1 aromatic carbocycles. The highest BCUT2D eigenvalue weighted by Gasteiger charge is 2.17. The average molecular weight is 187 g/mol. The first-order chi connectivity index (χ1) is 6.07. The van der Waals surface area contributed by atoms with Crippen LogP contribution in [0, 0.1) is 11.6 Å². The van der Waals surface area contributed by atoms with Crippen molar-refractivity contribution in [2.45, 2.75) is 0 Å². The number of anilines is 1. The first kappa shape index (κ1) is 9.40. The maximum atomic E-state index is 12.9. The summed E-state index contributed by atoms with van der Waals surface area (Å²) >= 11 is 0. The molecule has 0 radical (unpaired) electrons. The van der Waals surface area contributed by atoms with Gasteiger partial charge in [-0.05, 0) is 12.1 Å². The molecule has 13 heavy (non-hydrogen) atoms. The quantitative estimate of drug-likeness (QED) is 0.253. The number of hydrazine groups is 1.